The third-order valence-electron chi connectivity index (χ3n) is 5.06. The van der Waals surface area contributed by atoms with E-state index in [9.17, 15) is 14.4 Å². The van der Waals surface area contributed by atoms with Crippen molar-refractivity contribution < 1.29 is 19.1 Å². The Balaban J connectivity index is 1.49. The number of aromatic nitrogens is 1. The number of carbonyl (C=O) groups is 3. The second-order valence-electron chi connectivity index (χ2n) is 6.97. The van der Waals surface area contributed by atoms with Crippen molar-refractivity contribution in [3.63, 3.8) is 0 Å². The summed E-state index contributed by atoms with van der Waals surface area (Å²) < 4.78 is 4.57. The molecule has 31 heavy (non-hydrogen) atoms. The molecule has 4 aromatic rings. The van der Waals surface area contributed by atoms with Gasteiger partial charge in [0.25, 0.3) is 5.91 Å². The summed E-state index contributed by atoms with van der Waals surface area (Å²) in [5.41, 5.74) is 2.35. The quantitative estimate of drug-likeness (QED) is 0.361. The van der Waals surface area contributed by atoms with Crippen molar-refractivity contribution in [1.29, 1.82) is 0 Å². The van der Waals surface area contributed by atoms with Crippen molar-refractivity contribution in [2.45, 2.75) is 0 Å². The highest BCUT2D eigenvalue weighted by atomic mass is 35.5. The molecular formula is C24H13ClN2O4. The average Bonchev–Trinajstić information content (AvgIpc) is 3.07. The fraction of sp³-hybridized carbons (Fsp3) is 0. The Bertz CT molecular complexity index is 1410. The molecule has 0 radical (unpaired) electrons. The molecule has 1 N–H and O–H groups in total. The molecule has 3 aromatic carbocycles. The number of halogens is 1. The number of cyclic esters (lactones) is 2. The number of nitrogens with zero attached hydrogens (tertiary/aromatic N) is 1. The highest BCUT2D eigenvalue weighted by Gasteiger charge is 2.30. The van der Waals surface area contributed by atoms with Crippen LogP contribution in [0.15, 0.2) is 72.9 Å². The third kappa shape index (κ3) is 3.33. The molecule has 150 valence electrons. The molecule has 0 bridgehead atoms. The van der Waals surface area contributed by atoms with Gasteiger partial charge in [-0.05, 0) is 47.9 Å². The minimum atomic E-state index is -0.759. The maximum Gasteiger partial charge on any atom is 0.346 e. The van der Waals surface area contributed by atoms with Crippen LogP contribution in [0.25, 0.3) is 22.0 Å². The summed E-state index contributed by atoms with van der Waals surface area (Å²) in [6, 6.07) is 19.1. The van der Waals surface area contributed by atoms with Gasteiger partial charge in [0.15, 0.2) is 0 Å². The fourth-order valence-corrected chi connectivity index (χ4v) is 3.76. The zero-order valence-electron chi connectivity index (χ0n) is 15.9. The lowest BCUT2D eigenvalue weighted by molar-refractivity contribution is 0.0443. The lowest BCUT2D eigenvalue weighted by Crippen LogP contribution is -2.13. The Hall–Kier alpha value is -4.03. The second kappa shape index (κ2) is 7.34. The molecular weight excluding hydrogens is 416 g/mol. The van der Waals surface area contributed by atoms with Crippen LogP contribution in [0.2, 0.25) is 5.02 Å². The van der Waals surface area contributed by atoms with E-state index in [1.807, 2.05) is 30.3 Å². The van der Waals surface area contributed by atoms with Gasteiger partial charge in [-0.25, -0.2) is 9.59 Å². The van der Waals surface area contributed by atoms with Gasteiger partial charge >= 0.3 is 11.9 Å². The molecule has 5 rings (SSSR count). The number of ether oxygens (including phenoxy) is 1. The van der Waals surface area contributed by atoms with Gasteiger partial charge in [-0.1, -0.05) is 35.9 Å². The van der Waals surface area contributed by atoms with Crippen LogP contribution in [0.3, 0.4) is 0 Å². The smallest absolute Gasteiger partial charge is 0.346 e. The van der Waals surface area contributed by atoms with Crippen LogP contribution in [-0.2, 0) is 4.74 Å². The molecule has 7 heteroatoms. The van der Waals surface area contributed by atoms with Crippen LogP contribution >= 0.6 is 11.6 Å². The first-order chi connectivity index (χ1) is 15.0. The maximum absolute atomic E-state index is 12.8. The topological polar surface area (TPSA) is 85.4 Å². The van der Waals surface area contributed by atoms with Crippen molar-refractivity contribution in [3.8, 4) is 11.3 Å². The molecule has 1 aromatic heterocycles. The number of esters is 2. The third-order valence-corrected chi connectivity index (χ3v) is 5.39. The second-order valence-corrected chi connectivity index (χ2v) is 7.37. The normalized spacial score (nSPS) is 12.5. The van der Waals surface area contributed by atoms with Gasteiger partial charge in [0.05, 0.1) is 21.8 Å². The van der Waals surface area contributed by atoms with Crippen LogP contribution in [-0.4, -0.2) is 22.8 Å². The highest BCUT2D eigenvalue weighted by Crippen LogP contribution is 2.34. The number of nitrogens with one attached hydrogen (secondary N) is 1. The van der Waals surface area contributed by atoms with E-state index in [2.05, 4.69) is 15.0 Å². The van der Waals surface area contributed by atoms with E-state index >= 15 is 0 Å². The molecule has 2 heterocycles. The predicted octanol–water partition coefficient (Wildman–Crippen LogP) is 5.12. The van der Waals surface area contributed by atoms with Crippen molar-refractivity contribution in [3.05, 3.63) is 94.6 Å². The molecule has 0 saturated heterocycles. The summed E-state index contributed by atoms with van der Waals surface area (Å²) in [5.74, 6) is -1.91. The Morgan fingerprint density at radius 1 is 0.871 bits per heavy atom. The lowest BCUT2D eigenvalue weighted by atomic mass is 10.0. The van der Waals surface area contributed by atoms with Gasteiger partial charge in [0, 0.05) is 28.4 Å². The fourth-order valence-electron chi connectivity index (χ4n) is 3.55. The number of hydrogen-bond donors (Lipinski definition) is 1. The summed E-state index contributed by atoms with van der Waals surface area (Å²) in [6.07, 6.45) is 1.71. The highest BCUT2D eigenvalue weighted by molar-refractivity contribution is 6.33. The Labute approximate surface area is 181 Å². The number of amides is 1. The summed E-state index contributed by atoms with van der Waals surface area (Å²) in [6.45, 7) is 0. The van der Waals surface area contributed by atoms with E-state index in [4.69, 9.17) is 11.6 Å². The summed E-state index contributed by atoms with van der Waals surface area (Å²) in [4.78, 5) is 40.6. The van der Waals surface area contributed by atoms with E-state index in [-0.39, 0.29) is 16.7 Å². The van der Waals surface area contributed by atoms with Crippen molar-refractivity contribution >= 4 is 45.9 Å². The number of benzene rings is 3. The molecule has 0 fully saturated rings. The monoisotopic (exact) mass is 428 g/mol. The van der Waals surface area contributed by atoms with Gasteiger partial charge in [-0.3, -0.25) is 9.78 Å². The maximum atomic E-state index is 12.8. The summed E-state index contributed by atoms with van der Waals surface area (Å²) >= 11 is 6.44. The zero-order valence-corrected chi connectivity index (χ0v) is 16.6. The summed E-state index contributed by atoms with van der Waals surface area (Å²) in [7, 11) is 0. The molecule has 0 spiro atoms. The van der Waals surface area contributed by atoms with Crippen LogP contribution in [0.4, 0.5) is 5.69 Å². The number of pyridine rings is 1. The largest absolute Gasteiger partial charge is 0.386 e. The lowest BCUT2D eigenvalue weighted by Gasteiger charge is -2.11. The van der Waals surface area contributed by atoms with E-state index in [1.165, 1.54) is 18.2 Å². The van der Waals surface area contributed by atoms with Gasteiger partial charge in [-0.2, -0.15) is 0 Å². The van der Waals surface area contributed by atoms with Gasteiger partial charge in [0.1, 0.15) is 0 Å². The van der Waals surface area contributed by atoms with E-state index in [0.717, 1.165) is 10.8 Å². The average molecular weight is 429 g/mol. The number of carbonyl (C=O) groups excluding carboxylic acids is 3. The first-order valence-corrected chi connectivity index (χ1v) is 9.74. The van der Waals surface area contributed by atoms with E-state index < -0.39 is 17.8 Å². The van der Waals surface area contributed by atoms with Crippen LogP contribution in [0.5, 0.6) is 0 Å². The molecule has 1 aliphatic heterocycles. The van der Waals surface area contributed by atoms with Crippen LogP contribution in [0.1, 0.15) is 31.1 Å². The van der Waals surface area contributed by atoms with Crippen molar-refractivity contribution in [2.75, 3.05) is 5.32 Å². The zero-order chi connectivity index (χ0) is 21.5. The van der Waals surface area contributed by atoms with Gasteiger partial charge < -0.3 is 10.1 Å². The minimum Gasteiger partial charge on any atom is -0.386 e. The summed E-state index contributed by atoms with van der Waals surface area (Å²) in [5, 5.41) is 5.27. The van der Waals surface area contributed by atoms with Crippen LogP contribution in [0, 0.1) is 0 Å². The minimum absolute atomic E-state index is 0.0781. The molecule has 0 unspecified atom stereocenters. The molecule has 0 aliphatic carbocycles. The van der Waals surface area contributed by atoms with Gasteiger partial charge in [0.2, 0.25) is 0 Å². The Kier molecular flexibility index (Phi) is 4.49. The number of fused-ring (bicyclic) bond motifs is 2. The number of hydrogen-bond acceptors (Lipinski definition) is 5. The number of rotatable bonds is 3. The first kappa shape index (κ1) is 19.0. The molecule has 6 nitrogen and oxygen atoms in total. The SMILES string of the molecule is O=C(Nc1ccc(Cl)c(-c2nccc3ccccc23)c1)c1ccc2c(c1)C(=O)OC2=O. The first-order valence-electron chi connectivity index (χ1n) is 9.37. The van der Waals surface area contributed by atoms with E-state index in [0.29, 0.717) is 22.0 Å². The van der Waals surface area contributed by atoms with E-state index in [1.54, 1.807) is 24.4 Å². The Morgan fingerprint density at radius 2 is 1.68 bits per heavy atom. The van der Waals surface area contributed by atoms with Gasteiger partial charge in [-0.15, -0.1) is 0 Å². The number of anilines is 1. The molecule has 0 saturated carbocycles. The predicted molar refractivity (Wildman–Crippen MR) is 116 cm³/mol. The van der Waals surface area contributed by atoms with Crippen molar-refractivity contribution in [2.24, 2.45) is 0 Å². The molecule has 0 atom stereocenters. The standard InChI is InChI=1S/C24H13ClN2O4/c25-20-8-6-15(12-19(20)21-16-4-2-1-3-13(16)9-10-26-21)27-22(28)14-5-7-17-18(11-14)24(30)31-23(17)29/h1-12H,(H,27,28). The molecule has 1 aliphatic rings. The molecule has 1 amide bonds. The van der Waals surface area contributed by atoms with Crippen molar-refractivity contribution in [1.82, 2.24) is 4.98 Å². The van der Waals surface area contributed by atoms with Crippen LogP contribution < -0.4 is 5.32 Å². The Morgan fingerprint density at radius 3 is 2.55 bits per heavy atom.